The fraction of sp³-hybridized carbons (Fsp3) is 0.276. The van der Waals surface area contributed by atoms with Gasteiger partial charge in [-0.2, -0.15) is 0 Å². The van der Waals surface area contributed by atoms with E-state index in [4.69, 9.17) is 9.47 Å². The second-order valence-corrected chi connectivity index (χ2v) is 8.95. The molecule has 0 bridgehead atoms. The summed E-state index contributed by atoms with van der Waals surface area (Å²) < 4.78 is 11.9. The molecule has 8 nitrogen and oxygen atoms in total. The first-order valence-corrected chi connectivity index (χ1v) is 12.2. The van der Waals surface area contributed by atoms with E-state index in [0.717, 1.165) is 5.56 Å². The fourth-order valence-electron chi connectivity index (χ4n) is 4.25. The highest BCUT2D eigenvalue weighted by atomic mass is 16.5. The van der Waals surface area contributed by atoms with Gasteiger partial charge >= 0.3 is 0 Å². The van der Waals surface area contributed by atoms with E-state index in [-0.39, 0.29) is 11.3 Å². The molecule has 0 spiro atoms. The summed E-state index contributed by atoms with van der Waals surface area (Å²) in [5.74, 6) is -0.558. The third kappa shape index (κ3) is 5.81. The standard InChI is InChI=1S/C29H31N3O5/c1-4-36-24-18-22(10-11-23(24)37-19-20-8-6-5-7-9-20)26-25(27(33)21-12-14-30-15-13-21)28(34)29(35)32(26)17-16-31(2)3/h5-15,18,26,33H,4,16-17,19H2,1-3H3/b27-25+. The highest BCUT2D eigenvalue weighted by Gasteiger charge is 2.46. The minimum Gasteiger partial charge on any atom is -0.507 e. The largest absolute Gasteiger partial charge is 0.507 e. The Labute approximate surface area is 216 Å². The second-order valence-electron chi connectivity index (χ2n) is 8.95. The normalized spacial score (nSPS) is 16.9. The zero-order chi connectivity index (χ0) is 26.4. The van der Waals surface area contributed by atoms with Crippen molar-refractivity contribution in [1.82, 2.24) is 14.8 Å². The lowest BCUT2D eigenvalue weighted by molar-refractivity contribution is -0.140. The summed E-state index contributed by atoms with van der Waals surface area (Å²) in [6.07, 6.45) is 3.05. The van der Waals surface area contributed by atoms with Gasteiger partial charge in [-0.05, 0) is 56.4 Å². The molecule has 1 aromatic heterocycles. The first-order chi connectivity index (χ1) is 17.9. The molecule has 0 aliphatic carbocycles. The highest BCUT2D eigenvalue weighted by Crippen LogP contribution is 2.42. The number of nitrogens with zero attached hydrogens (tertiary/aromatic N) is 3. The van der Waals surface area contributed by atoms with Gasteiger partial charge < -0.3 is 24.4 Å². The van der Waals surface area contributed by atoms with Crippen molar-refractivity contribution >= 4 is 17.4 Å². The number of hydrogen-bond acceptors (Lipinski definition) is 7. The van der Waals surface area contributed by atoms with Gasteiger partial charge in [0.05, 0.1) is 18.2 Å². The molecule has 1 atom stereocenters. The number of ether oxygens (including phenoxy) is 2. The molecule has 192 valence electrons. The van der Waals surface area contributed by atoms with Crippen LogP contribution < -0.4 is 9.47 Å². The molecule has 1 fully saturated rings. The Balaban J connectivity index is 1.76. The first kappa shape index (κ1) is 25.9. The fourth-order valence-corrected chi connectivity index (χ4v) is 4.25. The molecule has 2 aromatic carbocycles. The van der Waals surface area contributed by atoms with Crippen molar-refractivity contribution in [3.63, 3.8) is 0 Å². The van der Waals surface area contributed by atoms with E-state index < -0.39 is 17.7 Å². The average molecular weight is 502 g/mol. The van der Waals surface area contributed by atoms with Gasteiger partial charge in [0.15, 0.2) is 11.5 Å². The van der Waals surface area contributed by atoms with E-state index in [1.165, 1.54) is 17.3 Å². The average Bonchev–Trinajstić information content (AvgIpc) is 3.17. The Kier molecular flexibility index (Phi) is 8.20. The Bertz CT molecular complexity index is 1280. The van der Waals surface area contributed by atoms with Gasteiger partial charge in [0, 0.05) is 31.0 Å². The molecule has 37 heavy (non-hydrogen) atoms. The van der Waals surface area contributed by atoms with Crippen molar-refractivity contribution in [1.29, 1.82) is 0 Å². The number of carbonyl (C=O) groups excluding carboxylic acids is 2. The number of aliphatic hydroxyl groups excluding tert-OH is 1. The van der Waals surface area contributed by atoms with E-state index in [0.29, 0.717) is 48.9 Å². The van der Waals surface area contributed by atoms with E-state index in [1.54, 1.807) is 24.3 Å². The van der Waals surface area contributed by atoms with Gasteiger partial charge in [-0.3, -0.25) is 14.6 Å². The van der Waals surface area contributed by atoms with Gasteiger partial charge in [0.25, 0.3) is 11.7 Å². The number of rotatable bonds is 10. The van der Waals surface area contributed by atoms with Crippen molar-refractivity contribution in [2.75, 3.05) is 33.8 Å². The Hall–Kier alpha value is -4.17. The maximum absolute atomic E-state index is 13.2. The number of likely N-dealkylation sites (N-methyl/N-ethyl adjacent to an activating group) is 1. The van der Waals surface area contributed by atoms with Crippen LogP contribution in [0.3, 0.4) is 0 Å². The van der Waals surface area contributed by atoms with Crippen molar-refractivity contribution in [2.24, 2.45) is 0 Å². The van der Waals surface area contributed by atoms with Crippen LogP contribution >= 0.6 is 0 Å². The first-order valence-electron chi connectivity index (χ1n) is 12.2. The Morgan fingerprint density at radius 2 is 1.73 bits per heavy atom. The number of carbonyl (C=O) groups is 2. The maximum atomic E-state index is 13.2. The maximum Gasteiger partial charge on any atom is 0.295 e. The molecule has 1 N–H and O–H groups in total. The van der Waals surface area contributed by atoms with Crippen molar-refractivity contribution in [3.8, 4) is 11.5 Å². The summed E-state index contributed by atoms with van der Waals surface area (Å²) in [5, 5.41) is 11.2. The number of pyridine rings is 1. The van der Waals surface area contributed by atoms with Crippen LogP contribution in [0.5, 0.6) is 11.5 Å². The number of Topliss-reactive ketones (excluding diaryl/α,β-unsaturated/α-hetero) is 1. The number of amides is 1. The van der Waals surface area contributed by atoms with Gasteiger partial charge in [0.2, 0.25) is 0 Å². The van der Waals surface area contributed by atoms with E-state index in [1.807, 2.05) is 62.3 Å². The van der Waals surface area contributed by atoms with Crippen LogP contribution in [0.1, 0.15) is 29.7 Å². The minimum atomic E-state index is -0.782. The zero-order valence-corrected chi connectivity index (χ0v) is 21.3. The molecular weight excluding hydrogens is 470 g/mol. The molecule has 1 saturated heterocycles. The molecule has 8 heteroatoms. The molecule has 1 aliphatic heterocycles. The third-order valence-corrected chi connectivity index (χ3v) is 6.10. The molecule has 0 saturated carbocycles. The molecule has 1 aliphatic rings. The van der Waals surface area contributed by atoms with Gasteiger partial charge in [-0.1, -0.05) is 36.4 Å². The topological polar surface area (TPSA) is 92.2 Å². The van der Waals surface area contributed by atoms with Gasteiger partial charge in [-0.15, -0.1) is 0 Å². The van der Waals surface area contributed by atoms with Crippen LogP contribution in [0.2, 0.25) is 0 Å². The molecule has 1 unspecified atom stereocenters. The van der Waals surface area contributed by atoms with Crippen molar-refractivity contribution < 1.29 is 24.2 Å². The third-order valence-electron chi connectivity index (χ3n) is 6.10. The summed E-state index contributed by atoms with van der Waals surface area (Å²) in [6, 6.07) is 17.6. The summed E-state index contributed by atoms with van der Waals surface area (Å²) >= 11 is 0. The van der Waals surface area contributed by atoms with Crippen molar-refractivity contribution in [2.45, 2.75) is 19.6 Å². The number of aliphatic hydroxyl groups is 1. The Morgan fingerprint density at radius 3 is 2.41 bits per heavy atom. The van der Waals surface area contributed by atoms with Crippen LogP contribution in [0.25, 0.3) is 5.76 Å². The van der Waals surface area contributed by atoms with Crippen LogP contribution in [-0.4, -0.2) is 65.4 Å². The highest BCUT2D eigenvalue weighted by molar-refractivity contribution is 6.46. The lowest BCUT2D eigenvalue weighted by Gasteiger charge is -2.27. The summed E-state index contributed by atoms with van der Waals surface area (Å²) in [6.45, 7) is 3.51. The summed E-state index contributed by atoms with van der Waals surface area (Å²) in [7, 11) is 3.79. The van der Waals surface area contributed by atoms with Crippen LogP contribution in [0, 0.1) is 0 Å². The molecule has 2 heterocycles. The molecular formula is C29H31N3O5. The summed E-state index contributed by atoms with van der Waals surface area (Å²) in [5.41, 5.74) is 2.11. The van der Waals surface area contributed by atoms with E-state index in [9.17, 15) is 14.7 Å². The monoisotopic (exact) mass is 501 g/mol. The molecule has 4 rings (SSSR count). The molecule has 0 radical (unpaired) electrons. The SMILES string of the molecule is CCOc1cc(C2/C(=C(\O)c3ccncc3)C(=O)C(=O)N2CCN(C)C)ccc1OCc1ccccc1. The zero-order valence-electron chi connectivity index (χ0n) is 21.3. The van der Waals surface area contributed by atoms with Crippen LogP contribution in [-0.2, 0) is 16.2 Å². The number of ketones is 1. The summed E-state index contributed by atoms with van der Waals surface area (Å²) in [4.78, 5) is 33.7. The number of likely N-dealkylation sites (tertiary alicyclic amines) is 1. The quantitative estimate of drug-likeness (QED) is 0.255. The lowest BCUT2D eigenvalue weighted by atomic mass is 9.95. The predicted octanol–water partition coefficient (Wildman–Crippen LogP) is 4.04. The number of aromatic nitrogens is 1. The van der Waals surface area contributed by atoms with E-state index >= 15 is 0 Å². The number of benzene rings is 2. The molecule has 1 amide bonds. The van der Waals surface area contributed by atoms with Gasteiger partial charge in [0.1, 0.15) is 12.4 Å². The predicted molar refractivity (Wildman–Crippen MR) is 140 cm³/mol. The second kappa shape index (κ2) is 11.7. The van der Waals surface area contributed by atoms with Crippen LogP contribution in [0.15, 0.2) is 78.6 Å². The van der Waals surface area contributed by atoms with Crippen LogP contribution in [0.4, 0.5) is 0 Å². The smallest absolute Gasteiger partial charge is 0.295 e. The molecule has 3 aromatic rings. The van der Waals surface area contributed by atoms with Gasteiger partial charge in [-0.25, -0.2) is 0 Å². The minimum absolute atomic E-state index is 0.0374. The lowest BCUT2D eigenvalue weighted by Crippen LogP contribution is -2.35. The van der Waals surface area contributed by atoms with Crippen molar-refractivity contribution in [3.05, 3.63) is 95.3 Å². The Morgan fingerprint density at radius 1 is 1.00 bits per heavy atom. The van der Waals surface area contributed by atoms with E-state index in [2.05, 4.69) is 4.98 Å². The number of hydrogen-bond donors (Lipinski definition) is 1.